The minimum atomic E-state index is -1.03. The molecule has 3 aliphatic heterocycles. The second kappa shape index (κ2) is 6.63. The first kappa shape index (κ1) is 17.9. The highest BCUT2D eigenvalue weighted by atomic mass is 32.2. The molecule has 4 aliphatic rings. The molecule has 1 aromatic carbocycles. The molecule has 3 unspecified atom stereocenters. The number of rotatable bonds is 3. The van der Waals surface area contributed by atoms with Gasteiger partial charge < -0.3 is 9.80 Å². The van der Waals surface area contributed by atoms with Gasteiger partial charge in [0.2, 0.25) is 5.95 Å². The number of anilines is 2. The van der Waals surface area contributed by atoms with Crippen LogP contribution >= 0.6 is 0 Å². The van der Waals surface area contributed by atoms with Crippen LogP contribution in [0.3, 0.4) is 0 Å². The number of hydrogen-bond donors (Lipinski definition) is 0. The summed E-state index contributed by atoms with van der Waals surface area (Å²) in [5.41, 5.74) is 5.38. The van der Waals surface area contributed by atoms with Crippen LogP contribution in [0.4, 0.5) is 11.6 Å². The number of imidazole rings is 1. The fourth-order valence-electron chi connectivity index (χ4n) is 5.61. The SMILES string of the molecule is O=S1CCc2nc(N3CC4CN(c5ccc6c(c5)CC6)CC4C3)nc(-n3ccnc3)c21. The van der Waals surface area contributed by atoms with Crippen molar-refractivity contribution in [2.24, 2.45) is 11.8 Å². The Hall–Kier alpha value is -2.74. The zero-order valence-electron chi connectivity index (χ0n) is 17.3. The molecule has 158 valence electrons. The smallest absolute Gasteiger partial charge is 0.227 e. The number of aromatic nitrogens is 4. The van der Waals surface area contributed by atoms with Gasteiger partial charge in [-0.1, -0.05) is 6.07 Å². The molecule has 0 amide bonds. The Kier molecular flexibility index (Phi) is 3.82. The van der Waals surface area contributed by atoms with E-state index in [1.54, 1.807) is 12.5 Å². The van der Waals surface area contributed by atoms with Gasteiger partial charge in [-0.2, -0.15) is 4.98 Å². The fourth-order valence-corrected chi connectivity index (χ4v) is 6.96. The number of fused-ring (bicyclic) bond motifs is 3. The highest BCUT2D eigenvalue weighted by Gasteiger charge is 2.41. The lowest BCUT2D eigenvalue weighted by Crippen LogP contribution is -2.30. The predicted octanol–water partition coefficient (Wildman–Crippen LogP) is 2.00. The Bertz CT molecular complexity index is 1200. The van der Waals surface area contributed by atoms with Crippen LogP contribution in [-0.4, -0.2) is 55.7 Å². The van der Waals surface area contributed by atoms with Gasteiger partial charge in [-0.15, -0.1) is 0 Å². The topological polar surface area (TPSA) is 67.2 Å². The first-order valence-corrected chi connectivity index (χ1v) is 12.4. The highest BCUT2D eigenvalue weighted by molar-refractivity contribution is 7.85. The van der Waals surface area contributed by atoms with Gasteiger partial charge in [0.15, 0.2) is 5.82 Å². The maximum atomic E-state index is 12.6. The molecule has 0 saturated carbocycles. The van der Waals surface area contributed by atoms with E-state index in [2.05, 4.69) is 33.0 Å². The Morgan fingerprint density at radius 2 is 1.74 bits per heavy atom. The molecule has 5 heterocycles. The molecule has 3 aromatic rings. The average molecular weight is 433 g/mol. The van der Waals surface area contributed by atoms with Crippen LogP contribution in [0.5, 0.6) is 0 Å². The van der Waals surface area contributed by atoms with Crippen LogP contribution in [0.15, 0.2) is 41.8 Å². The van der Waals surface area contributed by atoms with Crippen LogP contribution in [0.25, 0.3) is 5.82 Å². The molecule has 3 atom stereocenters. The number of hydrogen-bond acceptors (Lipinski definition) is 6. The normalized spacial score (nSPS) is 26.0. The molecule has 0 N–H and O–H groups in total. The number of aryl methyl sites for hydroxylation is 3. The summed E-state index contributed by atoms with van der Waals surface area (Å²) in [5.74, 6) is 3.41. The first-order chi connectivity index (χ1) is 15.2. The molecule has 0 spiro atoms. The molecule has 8 heteroatoms. The minimum absolute atomic E-state index is 0.633. The van der Waals surface area contributed by atoms with Crippen molar-refractivity contribution in [2.75, 3.05) is 41.7 Å². The first-order valence-electron chi connectivity index (χ1n) is 11.1. The van der Waals surface area contributed by atoms with Crippen LogP contribution in [0, 0.1) is 11.8 Å². The van der Waals surface area contributed by atoms with Gasteiger partial charge in [0.1, 0.15) is 11.2 Å². The van der Waals surface area contributed by atoms with Gasteiger partial charge in [-0.05, 0) is 36.1 Å². The van der Waals surface area contributed by atoms with Gasteiger partial charge in [0.05, 0.1) is 16.5 Å². The second-order valence-electron chi connectivity index (χ2n) is 9.18. The summed E-state index contributed by atoms with van der Waals surface area (Å²) in [6.45, 7) is 4.17. The molecule has 2 fully saturated rings. The van der Waals surface area contributed by atoms with Gasteiger partial charge in [-0.3, -0.25) is 8.78 Å². The van der Waals surface area contributed by atoms with Gasteiger partial charge in [0, 0.05) is 68.3 Å². The van der Waals surface area contributed by atoms with Crippen molar-refractivity contribution in [3.05, 3.63) is 53.7 Å². The lowest BCUT2D eigenvalue weighted by atomic mass is 9.88. The Morgan fingerprint density at radius 1 is 0.935 bits per heavy atom. The predicted molar refractivity (Wildman–Crippen MR) is 119 cm³/mol. The molecule has 31 heavy (non-hydrogen) atoms. The summed E-state index contributed by atoms with van der Waals surface area (Å²) in [7, 11) is -1.03. The average Bonchev–Trinajstić information content (AvgIpc) is 3.52. The summed E-state index contributed by atoms with van der Waals surface area (Å²) in [6.07, 6.45) is 8.56. The highest BCUT2D eigenvalue weighted by Crippen LogP contribution is 2.38. The minimum Gasteiger partial charge on any atom is -0.371 e. The van der Waals surface area contributed by atoms with Crippen molar-refractivity contribution < 1.29 is 4.21 Å². The van der Waals surface area contributed by atoms with Gasteiger partial charge in [-0.25, -0.2) is 9.97 Å². The lowest BCUT2D eigenvalue weighted by molar-refractivity contribution is 0.533. The standard InChI is InChI=1S/C23H24N6OS/c30-31-8-5-20-21(31)22(27-7-6-24-14-27)26-23(25-20)29-12-17-10-28(11-18(17)13-29)19-4-3-15-1-2-16(15)9-19/h3-4,6-7,9,14,17-18H,1-2,5,8,10-13H2. The molecular weight excluding hydrogens is 408 g/mol. The van der Waals surface area contributed by atoms with Crippen molar-refractivity contribution in [1.82, 2.24) is 19.5 Å². The third-order valence-electron chi connectivity index (χ3n) is 7.39. The third kappa shape index (κ3) is 2.77. The van der Waals surface area contributed by atoms with Crippen molar-refractivity contribution in [3.63, 3.8) is 0 Å². The van der Waals surface area contributed by atoms with E-state index in [0.29, 0.717) is 17.6 Å². The van der Waals surface area contributed by atoms with E-state index in [1.807, 2.05) is 10.8 Å². The summed E-state index contributed by atoms with van der Waals surface area (Å²) < 4.78 is 14.4. The van der Waals surface area contributed by atoms with Crippen LogP contribution in [-0.2, 0) is 30.1 Å². The van der Waals surface area contributed by atoms with E-state index < -0.39 is 10.8 Å². The molecule has 0 bridgehead atoms. The van der Waals surface area contributed by atoms with Crippen LogP contribution in [0.2, 0.25) is 0 Å². The zero-order valence-corrected chi connectivity index (χ0v) is 18.1. The van der Waals surface area contributed by atoms with Crippen LogP contribution in [0.1, 0.15) is 16.8 Å². The quantitative estimate of drug-likeness (QED) is 0.631. The molecule has 2 saturated heterocycles. The Labute approximate surface area is 183 Å². The van der Waals surface area contributed by atoms with E-state index in [0.717, 1.165) is 55.0 Å². The van der Waals surface area contributed by atoms with Crippen LogP contribution < -0.4 is 9.80 Å². The monoisotopic (exact) mass is 432 g/mol. The van der Waals surface area contributed by atoms with Crippen molar-refractivity contribution >= 4 is 22.4 Å². The van der Waals surface area contributed by atoms with Crippen molar-refractivity contribution in [2.45, 2.75) is 24.2 Å². The second-order valence-corrected chi connectivity index (χ2v) is 10.7. The zero-order chi connectivity index (χ0) is 20.5. The third-order valence-corrected chi connectivity index (χ3v) is 8.84. The van der Waals surface area contributed by atoms with E-state index in [4.69, 9.17) is 9.97 Å². The lowest BCUT2D eigenvalue weighted by Gasteiger charge is -2.26. The van der Waals surface area contributed by atoms with E-state index >= 15 is 0 Å². The summed E-state index contributed by atoms with van der Waals surface area (Å²) in [6, 6.07) is 7.02. The Morgan fingerprint density at radius 3 is 2.45 bits per heavy atom. The molecule has 7 rings (SSSR count). The number of nitrogens with zero attached hydrogens (tertiary/aromatic N) is 6. The molecular formula is C23H24N6OS. The summed E-state index contributed by atoms with van der Waals surface area (Å²) >= 11 is 0. The van der Waals surface area contributed by atoms with E-state index in [9.17, 15) is 4.21 Å². The summed E-state index contributed by atoms with van der Waals surface area (Å²) in [4.78, 5) is 19.6. The largest absolute Gasteiger partial charge is 0.371 e. The van der Waals surface area contributed by atoms with Crippen molar-refractivity contribution in [3.8, 4) is 5.82 Å². The van der Waals surface area contributed by atoms with E-state index in [1.165, 1.54) is 29.7 Å². The fraction of sp³-hybridized carbons (Fsp3) is 0.435. The van der Waals surface area contributed by atoms with Crippen molar-refractivity contribution in [1.29, 1.82) is 0 Å². The number of benzene rings is 1. The van der Waals surface area contributed by atoms with Gasteiger partial charge in [0.25, 0.3) is 0 Å². The molecule has 1 aliphatic carbocycles. The molecule has 2 aromatic heterocycles. The Balaban J connectivity index is 1.15. The maximum absolute atomic E-state index is 12.6. The summed E-state index contributed by atoms with van der Waals surface area (Å²) in [5, 5.41) is 0. The maximum Gasteiger partial charge on any atom is 0.227 e. The van der Waals surface area contributed by atoms with Gasteiger partial charge >= 0.3 is 0 Å². The van der Waals surface area contributed by atoms with E-state index in [-0.39, 0.29) is 0 Å². The molecule has 0 radical (unpaired) electrons. The molecule has 7 nitrogen and oxygen atoms in total.